The summed E-state index contributed by atoms with van der Waals surface area (Å²) in [5.74, 6) is 1.30. The van der Waals surface area contributed by atoms with Crippen molar-refractivity contribution in [3.63, 3.8) is 0 Å². The van der Waals surface area contributed by atoms with Crippen molar-refractivity contribution in [3.05, 3.63) is 99.0 Å². The molecule has 0 spiro atoms. The number of carbonyl (C=O) groups is 2. The maximum atomic E-state index is 15.3. The number of halogens is 2. The number of amides is 3. The standard InChI is InChI=1S/C40H49Cl2N5O4/c1-7-51-34-26-30(38(2,3)4)12-17-33(34)36-43-39(5,28-8-13-31(41)14-9-28)40(6,29-10-15-32(42)16-11-29)47(36)37(49)46-20-18-44(19-21-46)27-35(48)45-22-24-50-25-23-45/h8-17,26H,7,18-25,27H2,1-6H3. The maximum Gasteiger partial charge on any atom is 0.326 e. The number of aliphatic imine (C=N–C) groups is 1. The molecule has 0 saturated carbocycles. The lowest BCUT2D eigenvalue weighted by Crippen LogP contribution is -2.61. The van der Waals surface area contributed by atoms with Crippen LogP contribution in [0.5, 0.6) is 5.75 Å². The largest absolute Gasteiger partial charge is 0.493 e. The van der Waals surface area contributed by atoms with Crippen LogP contribution in [0.15, 0.2) is 71.7 Å². The molecule has 2 atom stereocenters. The Labute approximate surface area is 312 Å². The average Bonchev–Trinajstić information content (AvgIpc) is 3.36. The third kappa shape index (κ3) is 7.23. The number of benzene rings is 3. The second-order valence-electron chi connectivity index (χ2n) is 14.9. The second-order valence-corrected chi connectivity index (χ2v) is 15.7. The van der Waals surface area contributed by atoms with Gasteiger partial charge in [-0.25, -0.2) is 4.79 Å². The van der Waals surface area contributed by atoms with Crippen LogP contribution in [0.3, 0.4) is 0 Å². The zero-order valence-corrected chi connectivity index (χ0v) is 32.1. The van der Waals surface area contributed by atoms with Crippen LogP contribution in [0.25, 0.3) is 0 Å². The van der Waals surface area contributed by atoms with Gasteiger partial charge in [0, 0.05) is 49.3 Å². The molecular weight excluding hydrogens is 685 g/mol. The highest BCUT2D eigenvalue weighted by Crippen LogP contribution is 2.54. The SMILES string of the molecule is CCOc1cc(C(C)(C)C)ccc1C1=NC(C)(c2ccc(Cl)cc2)C(C)(c2ccc(Cl)cc2)N1C(=O)N1CCN(CC(=O)N2CCOCC2)CC1. The summed E-state index contributed by atoms with van der Waals surface area (Å²) in [4.78, 5) is 41.6. The summed E-state index contributed by atoms with van der Waals surface area (Å²) >= 11 is 12.8. The van der Waals surface area contributed by atoms with Gasteiger partial charge in [0.25, 0.3) is 0 Å². The van der Waals surface area contributed by atoms with Gasteiger partial charge in [-0.2, -0.15) is 0 Å². The summed E-state index contributed by atoms with van der Waals surface area (Å²) in [5, 5.41) is 1.22. The first-order valence-corrected chi connectivity index (χ1v) is 18.6. The molecule has 272 valence electrons. The number of carbonyl (C=O) groups excluding carboxylic acids is 2. The number of piperazine rings is 1. The van der Waals surface area contributed by atoms with Gasteiger partial charge in [-0.05, 0) is 79.3 Å². The van der Waals surface area contributed by atoms with Crippen molar-refractivity contribution < 1.29 is 19.1 Å². The normalized spacial score (nSPS) is 23.0. The number of hydrogen-bond donors (Lipinski definition) is 0. The first-order valence-electron chi connectivity index (χ1n) is 17.8. The van der Waals surface area contributed by atoms with Gasteiger partial charge in [0.1, 0.15) is 22.7 Å². The van der Waals surface area contributed by atoms with Gasteiger partial charge in [0.2, 0.25) is 5.91 Å². The molecular formula is C40H49Cl2N5O4. The molecule has 0 bridgehead atoms. The van der Waals surface area contributed by atoms with E-state index in [9.17, 15) is 4.79 Å². The Balaban J connectivity index is 1.44. The van der Waals surface area contributed by atoms with E-state index in [1.54, 1.807) is 0 Å². The lowest BCUT2D eigenvalue weighted by molar-refractivity contribution is -0.136. The van der Waals surface area contributed by atoms with E-state index in [0.29, 0.717) is 87.3 Å². The van der Waals surface area contributed by atoms with E-state index in [4.69, 9.17) is 37.7 Å². The molecule has 9 nitrogen and oxygen atoms in total. The molecule has 11 heteroatoms. The lowest BCUT2D eigenvalue weighted by Gasteiger charge is -2.47. The highest BCUT2D eigenvalue weighted by atomic mass is 35.5. The Kier molecular flexibility index (Phi) is 10.8. The van der Waals surface area contributed by atoms with E-state index in [1.807, 2.05) is 76.2 Å². The summed E-state index contributed by atoms with van der Waals surface area (Å²) in [6.45, 7) is 17.9. The molecule has 6 rings (SSSR count). The summed E-state index contributed by atoms with van der Waals surface area (Å²) < 4.78 is 11.7. The third-order valence-electron chi connectivity index (χ3n) is 10.7. The monoisotopic (exact) mass is 733 g/mol. The molecule has 0 radical (unpaired) electrons. The topological polar surface area (TPSA) is 77.9 Å². The van der Waals surface area contributed by atoms with Crippen molar-refractivity contribution in [2.75, 3.05) is 65.6 Å². The van der Waals surface area contributed by atoms with Crippen molar-refractivity contribution in [2.24, 2.45) is 4.99 Å². The van der Waals surface area contributed by atoms with Crippen LogP contribution < -0.4 is 4.74 Å². The van der Waals surface area contributed by atoms with Crippen LogP contribution >= 0.6 is 23.2 Å². The first kappa shape index (κ1) is 37.1. The van der Waals surface area contributed by atoms with Crippen molar-refractivity contribution in [2.45, 2.75) is 58.0 Å². The third-order valence-corrected chi connectivity index (χ3v) is 11.2. The van der Waals surface area contributed by atoms with Gasteiger partial charge < -0.3 is 19.3 Å². The molecule has 2 fully saturated rings. The summed E-state index contributed by atoms with van der Waals surface area (Å²) in [6.07, 6.45) is 0. The van der Waals surface area contributed by atoms with Crippen LogP contribution in [0.1, 0.15) is 63.8 Å². The number of morpholine rings is 1. The molecule has 3 aromatic rings. The van der Waals surface area contributed by atoms with Crippen molar-refractivity contribution in [3.8, 4) is 5.75 Å². The van der Waals surface area contributed by atoms with Crippen LogP contribution in [0.4, 0.5) is 4.79 Å². The van der Waals surface area contributed by atoms with Gasteiger partial charge in [0.05, 0.1) is 31.9 Å². The molecule has 0 N–H and O–H groups in total. The average molecular weight is 735 g/mol. The van der Waals surface area contributed by atoms with E-state index in [-0.39, 0.29) is 17.4 Å². The number of hydrogen-bond acceptors (Lipinski definition) is 6. The van der Waals surface area contributed by atoms with Crippen LogP contribution in [0, 0.1) is 0 Å². The van der Waals surface area contributed by atoms with E-state index in [2.05, 4.69) is 51.7 Å². The summed E-state index contributed by atoms with van der Waals surface area (Å²) in [5.41, 5.74) is 1.59. The summed E-state index contributed by atoms with van der Waals surface area (Å²) in [6, 6.07) is 21.4. The quantitative estimate of drug-likeness (QED) is 0.257. The van der Waals surface area contributed by atoms with Gasteiger partial charge in [-0.15, -0.1) is 0 Å². The van der Waals surface area contributed by atoms with E-state index < -0.39 is 11.1 Å². The Morgan fingerprint density at radius 1 is 0.824 bits per heavy atom. The Morgan fingerprint density at radius 2 is 1.41 bits per heavy atom. The molecule has 0 aromatic heterocycles. The van der Waals surface area contributed by atoms with Crippen LogP contribution in [-0.4, -0.2) is 103 Å². The van der Waals surface area contributed by atoms with Crippen LogP contribution in [-0.2, 0) is 26.0 Å². The number of nitrogens with zero attached hydrogens (tertiary/aromatic N) is 5. The predicted molar refractivity (Wildman–Crippen MR) is 203 cm³/mol. The van der Waals surface area contributed by atoms with Crippen molar-refractivity contribution in [1.29, 1.82) is 0 Å². The number of amidine groups is 1. The smallest absolute Gasteiger partial charge is 0.326 e. The fraction of sp³-hybridized carbons (Fsp3) is 0.475. The molecule has 2 saturated heterocycles. The molecule has 3 aromatic carbocycles. The fourth-order valence-corrected chi connectivity index (χ4v) is 7.61. The minimum Gasteiger partial charge on any atom is -0.493 e. The van der Waals surface area contributed by atoms with Gasteiger partial charge in [-0.1, -0.05) is 74.3 Å². The molecule has 3 heterocycles. The zero-order valence-electron chi connectivity index (χ0n) is 30.5. The molecule has 51 heavy (non-hydrogen) atoms. The lowest BCUT2D eigenvalue weighted by atomic mass is 9.71. The number of ether oxygens (including phenoxy) is 2. The maximum absolute atomic E-state index is 15.3. The molecule has 2 unspecified atom stereocenters. The fourth-order valence-electron chi connectivity index (χ4n) is 7.36. The molecule has 3 aliphatic rings. The molecule has 3 aliphatic heterocycles. The van der Waals surface area contributed by atoms with E-state index in [0.717, 1.165) is 22.3 Å². The van der Waals surface area contributed by atoms with Gasteiger partial charge in [0.15, 0.2) is 0 Å². The Hall–Kier alpha value is -3.63. The second kappa shape index (κ2) is 14.8. The van der Waals surface area contributed by atoms with Gasteiger partial charge in [-0.3, -0.25) is 19.6 Å². The Morgan fingerprint density at radius 3 is 1.98 bits per heavy atom. The highest BCUT2D eigenvalue weighted by Gasteiger charge is 2.60. The zero-order chi connectivity index (χ0) is 36.6. The number of urea groups is 1. The Bertz CT molecular complexity index is 1760. The van der Waals surface area contributed by atoms with Crippen LogP contribution in [0.2, 0.25) is 10.0 Å². The van der Waals surface area contributed by atoms with Gasteiger partial charge >= 0.3 is 6.03 Å². The van der Waals surface area contributed by atoms with E-state index in [1.165, 1.54) is 0 Å². The minimum absolute atomic E-state index is 0.100. The molecule has 0 aliphatic carbocycles. The minimum atomic E-state index is -1.01. The summed E-state index contributed by atoms with van der Waals surface area (Å²) in [7, 11) is 0. The first-order chi connectivity index (χ1) is 24.3. The highest BCUT2D eigenvalue weighted by molar-refractivity contribution is 6.30. The molecule has 3 amide bonds. The number of rotatable bonds is 7. The van der Waals surface area contributed by atoms with Crippen molar-refractivity contribution >= 4 is 41.0 Å². The van der Waals surface area contributed by atoms with Crippen molar-refractivity contribution in [1.82, 2.24) is 19.6 Å². The predicted octanol–water partition coefficient (Wildman–Crippen LogP) is 7.18. The van der Waals surface area contributed by atoms with E-state index >= 15 is 4.79 Å².